The predicted molar refractivity (Wildman–Crippen MR) is 106 cm³/mol. The number of ether oxygens (including phenoxy) is 1. The van der Waals surface area contributed by atoms with E-state index in [1.54, 1.807) is 0 Å². The molecule has 0 saturated carbocycles. The van der Waals surface area contributed by atoms with Crippen LogP contribution in [0.1, 0.15) is 40.9 Å². The lowest BCUT2D eigenvalue weighted by Gasteiger charge is -2.12. The number of hydrogen-bond donors (Lipinski definition) is 1. The normalized spacial score (nSPS) is 11.3. The third-order valence-corrected chi connectivity index (χ3v) is 5.17. The molecule has 2 aromatic carbocycles. The number of aromatic nitrogens is 2. The zero-order valence-corrected chi connectivity index (χ0v) is 16.2. The second-order valence-electron chi connectivity index (χ2n) is 7.02. The van der Waals surface area contributed by atoms with E-state index < -0.39 is 0 Å². The summed E-state index contributed by atoms with van der Waals surface area (Å²) in [5.74, 6) is 1.71. The number of hydrogen-bond acceptors (Lipinski definition) is 3. The van der Waals surface area contributed by atoms with Crippen molar-refractivity contribution in [1.82, 2.24) is 9.55 Å². The van der Waals surface area contributed by atoms with E-state index in [0.717, 1.165) is 42.0 Å². The number of fused-ring (bicyclic) bond motifs is 1. The molecule has 26 heavy (non-hydrogen) atoms. The summed E-state index contributed by atoms with van der Waals surface area (Å²) in [6, 6.07) is 10.4. The van der Waals surface area contributed by atoms with Gasteiger partial charge in [0, 0.05) is 6.54 Å². The lowest BCUT2D eigenvalue weighted by Crippen LogP contribution is -2.06. The lowest BCUT2D eigenvalue weighted by atomic mass is 10.1. The second-order valence-corrected chi connectivity index (χ2v) is 7.02. The maximum atomic E-state index is 9.66. The molecule has 1 N–H and O–H groups in total. The van der Waals surface area contributed by atoms with E-state index in [4.69, 9.17) is 4.74 Å². The molecule has 0 saturated heterocycles. The predicted octanol–water partition coefficient (Wildman–Crippen LogP) is 4.62. The number of nitrogens with zero attached hydrogens (tertiary/aromatic N) is 2. The van der Waals surface area contributed by atoms with Crippen LogP contribution < -0.4 is 4.74 Å². The Balaban J connectivity index is 1.63. The highest BCUT2D eigenvalue weighted by Gasteiger charge is 2.11. The SMILES string of the molecule is Cc1cc2nc(CO)n(CCCCOc3cccc(C)c3C)c2cc1C. The van der Waals surface area contributed by atoms with E-state index in [-0.39, 0.29) is 6.61 Å². The van der Waals surface area contributed by atoms with Crippen molar-refractivity contribution in [2.45, 2.75) is 53.7 Å². The molecule has 4 heteroatoms. The van der Waals surface area contributed by atoms with Crippen molar-refractivity contribution in [3.8, 4) is 5.75 Å². The Kier molecular flexibility index (Phi) is 5.62. The second kappa shape index (κ2) is 7.92. The summed E-state index contributed by atoms with van der Waals surface area (Å²) < 4.78 is 8.08. The van der Waals surface area contributed by atoms with Crippen LogP contribution in [0.2, 0.25) is 0 Å². The Hall–Kier alpha value is -2.33. The fraction of sp³-hybridized carbons (Fsp3) is 0.409. The van der Waals surface area contributed by atoms with Gasteiger partial charge in [0.25, 0.3) is 0 Å². The van der Waals surface area contributed by atoms with Gasteiger partial charge in [-0.25, -0.2) is 4.98 Å². The molecule has 3 rings (SSSR count). The van der Waals surface area contributed by atoms with Crippen LogP contribution in [0.3, 0.4) is 0 Å². The van der Waals surface area contributed by atoms with E-state index in [0.29, 0.717) is 6.61 Å². The molecule has 0 spiro atoms. The number of rotatable bonds is 7. The van der Waals surface area contributed by atoms with Crippen molar-refractivity contribution in [2.75, 3.05) is 6.61 Å². The monoisotopic (exact) mass is 352 g/mol. The standard InChI is InChI=1S/C22H28N2O2/c1-15-8-7-9-21(18(15)4)26-11-6-5-10-24-20-13-17(3)16(2)12-19(20)23-22(24)14-25/h7-9,12-13,25H,5-6,10-11,14H2,1-4H3. The van der Waals surface area contributed by atoms with Crippen LogP contribution in [0.4, 0.5) is 0 Å². The van der Waals surface area contributed by atoms with Gasteiger partial charge in [0.05, 0.1) is 17.6 Å². The third-order valence-electron chi connectivity index (χ3n) is 5.17. The Bertz CT molecular complexity index is 912. The van der Waals surface area contributed by atoms with Crippen LogP contribution >= 0.6 is 0 Å². The van der Waals surface area contributed by atoms with Crippen molar-refractivity contribution in [3.63, 3.8) is 0 Å². The Morgan fingerprint density at radius 3 is 2.54 bits per heavy atom. The summed E-state index contributed by atoms with van der Waals surface area (Å²) in [4.78, 5) is 4.58. The fourth-order valence-corrected chi connectivity index (χ4v) is 3.23. The highest BCUT2D eigenvalue weighted by Crippen LogP contribution is 2.23. The first-order chi connectivity index (χ1) is 12.5. The van der Waals surface area contributed by atoms with Gasteiger partial charge in [-0.15, -0.1) is 0 Å². The van der Waals surface area contributed by atoms with E-state index in [1.807, 2.05) is 12.1 Å². The van der Waals surface area contributed by atoms with Crippen LogP contribution in [-0.4, -0.2) is 21.3 Å². The van der Waals surface area contributed by atoms with Gasteiger partial charge in [0.2, 0.25) is 0 Å². The topological polar surface area (TPSA) is 47.3 Å². The zero-order chi connectivity index (χ0) is 18.7. The summed E-state index contributed by atoms with van der Waals surface area (Å²) in [5, 5.41) is 9.66. The molecule has 0 atom stereocenters. The number of aliphatic hydroxyl groups excluding tert-OH is 1. The summed E-state index contributed by atoms with van der Waals surface area (Å²) in [5.41, 5.74) is 7.01. The van der Waals surface area contributed by atoms with Gasteiger partial charge >= 0.3 is 0 Å². The molecule has 0 aliphatic heterocycles. The van der Waals surface area contributed by atoms with E-state index in [2.05, 4.69) is 55.4 Å². The van der Waals surface area contributed by atoms with Crippen LogP contribution in [0.5, 0.6) is 5.75 Å². The van der Waals surface area contributed by atoms with Crippen molar-refractivity contribution in [2.24, 2.45) is 0 Å². The number of imidazole rings is 1. The molecule has 0 bridgehead atoms. The number of unbranched alkanes of at least 4 members (excludes halogenated alkanes) is 1. The van der Waals surface area contributed by atoms with E-state index in [1.165, 1.54) is 22.3 Å². The summed E-state index contributed by atoms with van der Waals surface area (Å²) >= 11 is 0. The molecule has 1 heterocycles. The van der Waals surface area contributed by atoms with Crippen molar-refractivity contribution in [1.29, 1.82) is 0 Å². The van der Waals surface area contributed by atoms with Gasteiger partial charge in [-0.3, -0.25) is 0 Å². The van der Waals surface area contributed by atoms with Gasteiger partial charge in [0.1, 0.15) is 18.2 Å². The Morgan fingerprint density at radius 1 is 1.00 bits per heavy atom. The van der Waals surface area contributed by atoms with Gasteiger partial charge in [-0.2, -0.15) is 0 Å². The Morgan fingerprint density at radius 2 is 1.77 bits per heavy atom. The largest absolute Gasteiger partial charge is 0.493 e. The first-order valence-corrected chi connectivity index (χ1v) is 9.27. The lowest BCUT2D eigenvalue weighted by molar-refractivity contribution is 0.263. The van der Waals surface area contributed by atoms with Gasteiger partial charge < -0.3 is 14.4 Å². The summed E-state index contributed by atoms with van der Waals surface area (Å²) in [7, 11) is 0. The van der Waals surface area contributed by atoms with Crippen molar-refractivity contribution >= 4 is 11.0 Å². The molecule has 1 aromatic heterocycles. The maximum absolute atomic E-state index is 9.66. The van der Waals surface area contributed by atoms with Crippen molar-refractivity contribution in [3.05, 3.63) is 58.4 Å². The van der Waals surface area contributed by atoms with Gasteiger partial charge in [-0.1, -0.05) is 12.1 Å². The van der Waals surface area contributed by atoms with Crippen LogP contribution in [-0.2, 0) is 13.2 Å². The maximum Gasteiger partial charge on any atom is 0.135 e. The number of aryl methyl sites for hydroxylation is 4. The Labute approximate surface area is 155 Å². The first-order valence-electron chi connectivity index (χ1n) is 9.27. The molecule has 0 aliphatic carbocycles. The van der Waals surface area contributed by atoms with E-state index >= 15 is 0 Å². The van der Waals surface area contributed by atoms with Gasteiger partial charge in [0.15, 0.2) is 0 Å². The molecule has 3 aromatic rings. The molecular formula is C22H28N2O2. The molecule has 0 amide bonds. The highest BCUT2D eigenvalue weighted by molar-refractivity contribution is 5.78. The summed E-state index contributed by atoms with van der Waals surface area (Å²) in [6.45, 7) is 9.91. The van der Waals surface area contributed by atoms with Crippen LogP contribution in [0.15, 0.2) is 30.3 Å². The highest BCUT2D eigenvalue weighted by atomic mass is 16.5. The third kappa shape index (κ3) is 3.75. The minimum Gasteiger partial charge on any atom is -0.493 e. The molecule has 0 radical (unpaired) electrons. The van der Waals surface area contributed by atoms with Gasteiger partial charge in [-0.05, 0) is 81.0 Å². The molecular weight excluding hydrogens is 324 g/mol. The van der Waals surface area contributed by atoms with Crippen molar-refractivity contribution < 1.29 is 9.84 Å². The first kappa shape index (κ1) is 18.5. The smallest absolute Gasteiger partial charge is 0.135 e. The minimum absolute atomic E-state index is 0.0360. The quantitative estimate of drug-likeness (QED) is 0.631. The molecule has 138 valence electrons. The number of benzene rings is 2. The van der Waals surface area contributed by atoms with Crippen LogP contribution in [0, 0.1) is 27.7 Å². The van der Waals surface area contributed by atoms with E-state index in [9.17, 15) is 5.11 Å². The molecule has 4 nitrogen and oxygen atoms in total. The average molecular weight is 352 g/mol. The molecule has 0 aliphatic rings. The average Bonchev–Trinajstić information content (AvgIpc) is 2.95. The molecule has 0 fully saturated rings. The zero-order valence-electron chi connectivity index (χ0n) is 16.2. The summed E-state index contributed by atoms with van der Waals surface area (Å²) in [6.07, 6.45) is 1.94. The fourth-order valence-electron chi connectivity index (χ4n) is 3.23. The minimum atomic E-state index is -0.0360. The number of aliphatic hydroxyl groups is 1. The molecule has 0 unspecified atom stereocenters. The van der Waals surface area contributed by atoms with Crippen LogP contribution in [0.25, 0.3) is 11.0 Å².